The highest BCUT2D eigenvalue weighted by atomic mass is 16.5. The molecule has 0 spiro atoms. The molecule has 1 N–H and O–H groups in total. The molecule has 2 aromatic carbocycles. The lowest BCUT2D eigenvalue weighted by Crippen LogP contribution is -2.43. The molecule has 2 aromatic rings. The molecule has 4 amide bonds. The summed E-state index contributed by atoms with van der Waals surface area (Å²) in [5, 5.41) is 2.75. The lowest BCUT2D eigenvalue weighted by molar-refractivity contribution is -0.124. The summed E-state index contributed by atoms with van der Waals surface area (Å²) in [6.45, 7) is 0. The first-order chi connectivity index (χ1) is 16.4. The van der Waals surface area contributed by atoms with Gasteiger partial charge < -0.3 is 19.7 Å². The predicted molar refractivity (Wildman–Crippen MR) is 125 cm³/mol. The Kier molecular flexibility index (Phi) is 6.81. The number of carbonyl (C=O) groups excluding carboxylic acids is 4. The van der Waals surface area contributed by atoms with Crippen molar-refractivity contribution in [1.29, 1.82) is 0 Å². The number of hydrogen-bond acceptors (Lipinski definition) is 6. The van der Waals surface area contributed by atoms with E-state index in [2.05, 4.69) is 10.1 Å². The van der Waals surface area contributed by atoms with Crippen LogP contribution in [0.5, 0.6) is 5.75 Å². The van der Waals surface area contributed by atoms with E-state index < -0.39 is 29.9 Å². The van der Waals surface area contributed by atoms with Crippen molar-refractivity contribution >= 4 is 35.2 Å². The molecule has 1 saturated carbocycles. The second-order valence-electron chi connectivity index (χ2n) is 8.34. The quantitative estimate of drug-likeness (QED) is 0.495. The number of methoxy groups -OCH3 is 2. The largest absolute Gasteiger partial charge is 0.497 e. The van der Waals surface area contributed by atoms with Crippen molar-refractivity contribution < 1.29 is 28.7 Å². The van der Waals surface area contributed by atoms with Crippen LogP contribution in [0.25, 0.3) is 0 Å². The molecule has 0 bridgehead atoms. The number of nitrogens with zero attached hydrogens (tertiary/aromatic N) is 2. The number of urea groups is 1. The molecule has 1 aliphatic heterocycles. The zero-order chi connectivity index (χ0) is 24.2. The lowest BCUT2D eigenvalue weighted by Gasteiger charge is -2.27. The van der Waals surface area contributed by atoms with Crippen molar-refractivity contribution in [3.05, 3.63) is 54.1 Å². The Morgan fingerprint density at radius 1 is 0.971 bits per heavy atom. The van der Waals surface area contributed by atoms with Gasteiger partial charge in [-0.3, -0.25) is 9.59 Å². The van der Waals surface area contributed by atoms with E-state index in [-0.39, 0.29) is 12.5 Å². The summed E-state index contributed by atoms with van der Waals surface area (Å²) in [5.74, 6) is -0.668. The third kappa shape index (κ3) is 4.59. The first-order valence-corrected chi connectivity index (χ1v) is 11.2. The number of anilines is 2. The molecule has 34 heavy (non-hydrogen) atoms. The van der Waals surface area contributed by atoms with Crippen LogP contribution in [0.3, 0.4) is 0 Å². The number of nitrogens with one attached hydrogen (secondary N) is 1. The molecule has 2 fully saturated rings. The third-order valence-electron chi connectivity index (χ3n) is 6.27. The molecule has 2 aliphatic rings. The van der Waals surface area contributed by atoms with Gasteiger partial charge in [0.25, 0.3) is 5.91 Å². The zero-order valence-electron chi connectivity index (χ0n) is 19.2. The van der Waals surface area contributed by atoms with Crippen LogP contribution < -0.4 is 15.0 Å². The van der Waals surface area contributed by atoms with Gasteiger partial charge in [-0.1, -0.05) is 12.8 Å². The molecular weight excluding hydrogens is 438 g/mol. The van der Waals surface area contributed by atoms with E-state index in [0.717, 1.165) is 30.6 Å². The SMILES string of the molecule is COC(=O)c1ccc(NC(=O)C[C@@H]2C(=O)N(c3ccc(OC)cc3)C(=O)N2C2CCCC2)cc1. The molecule has 178 valence electrons. The van der Waals surface area contributed by atoms with E-state index in [4.69, 9.17) is 4.74 Å². The topological polar surface area (TPSA) is 105 Å². The number of hydrogen-bond donors (Lipinski definition) is 1. The zero-order valence-corrected chi connectivity index (χ0v) is 19.2. The second kappa shape index (κ2) is 9.94. The fraction of sp³-hybridized carbons (Fsp3) is 0.360. The summed E-state index contributed by atoms with van der Waals surface area (Å²) in [5.41, 5.74) is 1.29. The fourth-order valence-corrected chi connectivity index (χ4v) is 4.55. The Morgan fingerprint density at radius 3 is 2.21 bits per heavy atom. The normalized spacial score (nSPS) is 18.4. The van der Waals surface area contributed by atoms with Crippen LogP contribution in [0.1, 0.15) is 42.5 Å². The minimum Gasteiger partial charge on any atom is -0.497 e. The average molecular weight is 466 g/mol. The Balaban J connectivity index is 1.52. The fourth-order valence-electron chi connectivity index (χ4n) is 4.55. The number of esters is 1. The summed E-state index contributed by atoms with van der Waals surface area (Å²) in [7, 11) is 2.84. The van der Waals surface area contributed by atoms with E-state index >= 15 is 0 Å². The first-order valence-electron chi connectivity index (χ1n) is 11.2. The molecule has 1 atom stereocenters. The maximum absolute atomic E-state index is 13.4. The molecular formula is C25H27N3O6. The molecule has 4 rings (SSSR count). The summed E-state index contributed by atoms with van der Waals surface area (Å²) < 4.78 is 9.84. The molecule has 0 unspecified atom stereocenters. The van der Waals surface area contributed by atoms with E-state index in [1.54, 1.807) is 60.5 Å². The van der Waals surface area contributed by atoms with Gasteiger partial charge in [0.1, 0.15) is 11.8 Å². The van der Waals surface area contributed by atoms with Gasteiger partial charge in [0.15, 0.2) is 0 Å². The third-order valence-corrected chi connectivity index (χ3v) is 6.27. The predicted octanol–water partition coefficient (Wildman–Crippen LogP) is 3.59. The summed E-state index contributed by atoms with van der Waals surface area (Å²) in [4.78, 5) is 53.9. The van der Waals surface area contributed by atoms with Crippen LogP contribution in [-0.4, -0.2) is 55.0 Å². The molecule has 0 aromatic heterocycles. The molecule has 0 radical (unpaired) electrons. The summed E-state index contributed by atoms with van der Waals surface area (Å²) >= 11 is 0. The molecule has 1 aliphatic carbocycles. The van der Waals surface area contributed by atoms with Crippen LogP contribution in [0.2, 0.25) is 0 Å². The molecule has 1 saturated heterocycles. The highest BCUT2D eigenvalue weighted by molar-refractivity contribution is 6.22. The van der Waals surface area contributed by atoms with Crippen molar-refractivity contribution in [3.63, 3.8) is 0 Å². The van der Waals surface area contributed by atoms with Gasteiger partial charge in [0.2, 0.25) is 5.91 Å². The molecule has 9 nitrogen and oxygen atoms in total. The van der Waals surface area contributed by atoms with Crippen LogP contribution in [-0.2, 0) is 14.3 Å². The van der Waals surface area contributed by atoms with Gasteiger partial charge in [-0.15, -0.1) is 0 Å². The Bertz CT molecular complexity index is 1080. The van der Waals surface area contributed by atoms with Crippen LogP contribution in [0, 0.1) is 0 Å². The van der Waals surface area contributed by atoms with Gasteiger partial charge in [-0.25, -0.2) is 14.5 Å². The highest BCUT2D eigenvalue weighted by Crippen LogP contribution is 2.34. The maximum atomic E-state index is 13.4. The van der Waals surface area contributed by atoms with Gasteiger partial charge in [-0.2, -0.15) is 0 Å². The van der Waals surface area contributed by atoms with Gasteiger partial charge in [-0.05, 0) is 61.4 Å². The van der Waals surface area contributed by atoms with Crippen molar-refractivity contribution in [1.82, 2.24) is 4.90 Å². The standard InChI is InChI=1S/C25H27N3O6/c1-33-20-13-11-19(12-14-20)28-23(30)21(27(25(28)32)18-5-3-4-6-18)15-22(29)26-17-9-7-16(8-10-17)24(31)34-2/h7-14,18,21H,3-6,15H2,1-2H3,(H,26,29)/t21-/m1/s1. The summed E-state index contributed by atoms with van der Waals surface area (Å²) in [6.07, 6.45) is 3.42. The van der Waals surface area contributed by atoms with E-state index in [9.17, 15) is 19.2 Å². The number of rotatable bonds is 7. The second-order valence-corrected chi connectivity index (χ2v) is 8.34. The van der Waals surface area contributed by atoms with Gasteiger partial charge >= 0.3 is 12.0 Å². The van der Waals surface area contributed by atoms with Crippen LogP contribution in [0.4, 0.5) is 16.2 Å². The Hall–Kier alpha value is -3.88. The molecule has 9 heteroatoms. The minimum absolute atomic E-state index is 0.0724. The number of amides is 4. The number of benzene rings is 2. The number of ether oxygens (including phenoxy) is 2. The number of carbonyl (C=O) groups is 4. The molecule has 1 heterocycles. The van der Waals surface area contributed by atoms with Crippen molar-refractivity contribution in [2.45, 2.75) is 44.2 Å². The Morgan fingerprint density at radius 2 is 1.62 bits per heavy atom. The smallest absolute Gasteiger partial charge is 0.337 e. The highest BCUT2D eigenvalue weighted by Gasteiger charge is 2.49. The number of imide groups is 1. The maximum Gasteiger partial charge on any atom is 0.337 e. The van der Waals surface area contributed by atoms with Crippen LogP contribution >= 0.6 is 0 Å². The minimum atomic E-state index is -0.882. The monoisotopic (exact) mass is 465 g/mol. The van der Waals surface area contributed by atoms with Gasteiger partial charge in [0.05, 0.1) is 31.9 Å². The lowest BCUT2D eigenvalue weighted by atomic mass is 10.1. The Labute approximate surface area is 197 Å². The van der Waals surface area contributed by atoms with Crippen molar-refractivity contribution in [2.24, 2.45) is 0 Å². The van der Waals surface area contributed by atoms with E-state index in [0.29, 0.717) is 22.7 Å². The first kappa shape index (κ1) is 23.3. The van der Waals surface area contributed by atoms with E-state index in [1.165, 1.54) is 7.11 Å². The van der Waals surface area contributed by atoms with Crippen molar-refractivity contribution in [2.75, 3.05) is 24.4 Å². The van der Waals surface area contributed by atoms with Crippen LogP contribution in [0.15, 0.2) is 48.5 Å². The van der Waals surface area contributed by atoms with E-state index in [1.807, 2.05) is 0 Å². The van der Waals surface area contributed by atoms with Crippen molar-refractivity contribution in [3.8, 4) is 5.75 Å². The average Bonchev–Trinajstić information content (AvgIpc) is 3.45. The summed E-state index contributed by atoms with van der Waals surface area (Å²) in [6, 6.07) is 11.6. The van der Waals surface area contributed by atoms with Gasteiger partial charge in [0, 0.05) is 11.7 Å².